The average Bonchev–Trinajstić information content (AvgIpc) is 2.59. The van der Waals surface area contributed by atoms with E-state index in [0.717, 1.165) is 17.5 Å². The van der Waals surface area contributed by atoms with Gasteiger partial charge in [-0.2, -0.15) is 5.10 Å². The molecule has 2 aromatic rings. The Morgan fingerprint density at radius 1 is 1.50 bits per heavy atom. The van der Waals surface area contributed by atoms with Gasteiger partial charge in [0, 0.05) is 22.7 Å². The summed E-state index contributed by atoms with van der Waals surface area (Å²) in [6, 6.07) is 1.69. The lowest BCUT2D eigenvalue weighted by atomic mass is 9.81. The zero-order chi connectivity index (χ0) is 10.1. The second-order valence-corrected chi connectivity index (χ2v) is 3.07. The van der Waals surface area contributed by atoms with Crippen molar-refractivity contribution < 1.29 is 10.0 Å². The Labute approximate surface area is 80.9 Å². The van der Waals surface area contributed by atoms with Gasteiger partial charge in [-0.05, 0) is 12.5 Å². The molecule has 0 saturated carbocycles. The number of hydrogen-bond donors (Lipinski definition) is 3. The molecule has 0 aliphatic carbocycles. The van der Waals surface area contributed by atoms with Crippen molar-refractivity contribution in [2.24, 2.45) is 0 Å². The molecule has 0 aliphatic heterocycles. The van der Waals surface area contributed by atoms with Gasteiger partial charge in [0.1, 0.15) is 0 Å². The molecule has 0 fully saturated rings. The fraction of sp³-hybridized carbons (Fsp3) is 0.250. The number of nitrogens with one attached hydrogen (secondary N) is 1. The molecule has 0 amide bonds. The van der Waals surface area contributed by atoms with E-state index in [1.165, 1.54) is 6.20 Å². The van der Waals surface area contributed by atoms with Crippen LogP contribution in [0.1, 0.15) is 12.6 Å². The molecule has 5 nitrogen and oxygen atoms in total. The van der Waals surface area contributed by atoms with Gasteiger partial charge in [0.25, 0.3) is 0 Å². The van der Waals surface area contributed by atoms with Gasteiger partial charge >= 0.3 is 7.12 Å². The van der Waals surface area contributed by atoms with Crippen LogP contribution in [0.3, 0.4) is 0 Å². The van der Waals surface area contributed by atoms with E-state index in [9.17, 15) is 0 Å². The largest absolute Gasteiger partial charge is 0.490 e. The molecule has 2 rings (SSSR count). The molecular weight excluding hydrogens is 181 g/mol. The molecule has 2 heterocycles. The van der Waals surface area contributed by atoms with Crippen molar-refractivity contribution in [1.82, 2.24) is 15.2 Å². The van der Waals surface area contributed by atoms with Gasteiger partial charge in [-0.15, -0.1) is 0 Å². The fourth-order valence-electron chi connectivity index (χ4n) is 1.38. The summed E-state index contributed by atoms with van der Waals surface area (Å²) in [5, 5.41) is 25.6. The van der Waals surface area contributed by atoms with Crippen LogP contribution in [0.25, 0.3) is 11.0 Å². The predicted molar refractivity (Wildman–Crippen MR) is 53.1 cm³/mol. The molecule has 0 saturated heterocycles. The van der Waals surface area contributed by atoms with E-state index >= 15 is 0 Å². The summed E-state index contributed by atoms with van der Waals surface area (Å²) in [5.74, 6) is 0. The molecule has 2 aromatic heterocycles. The third kappa shape index (κ3) is 1.38. The molecule has 14 heavy (non-hydrogen) atoms. The van der Waals surface area contributed by atoms with Crippen LogP contribution in [0.15, 0.2) is 12.3 Å². The molecule has 6 heteroatoms. The molecule has 3 N–H and O–H groups in total. The van der Waals surface area contributed by atoms with Crippen molar-refractivity contribution in [1.29, 1.82) is 0 Å². The van der Waals surface area contributed by atoms with Crippen LogP contribution in [-0.4, -0.2) is 32.3 Å². The van der Waals surface area contributed by atoms with E-state index in [4.69, 9.17) is 10.0 Å². The summed E-state index contributed by atoms with van der Waals surface area (Å²) < 4.78 is 0. The Bertz CT molecular complexity index is 455. The number of aromatic nitrogens is 3. The van der Waals surface area contributed by atoms with Gasteiger partial charge < -0.3 is 10.0 Å². The minimum atomic E-state index is -1.48. The Balaban J connectivity index is 2.61. The van der Waals surface area contributed by atoms with Crippen LogP contribution in [0, 0.1) is 0 Å². The fourth-order valence-corrected chi connectivity index (χ4v) is 1.38. The zero-order valence-electron chi connectivity index (χ0n) is 7.73. The summed E-state index contributed by atoms with van der Waals surface area (Å²) >= 11 is 0. The standard InChI is InChI=1S/C8H10BN3O2/c1-2-7-6-3-5(9(13)14)4-10-8(6)12-11-7/h3-4,13-14H,2H2,1H3,(H,10,11,12). The number of pyridine rings is 1. The minimum Gasteiger partial charge on any atom is -0.423 e. The lowest BCUT2D eigenvalue weighted by Crippen LogP contribution is -2.29. The number of H-pyrrole nitrogens is 1. The third-order valence-electron chi connectivity index (χ3n) is 2.16. The molecular formula is C8H10BN3O2. The maximum absolute atomic E-state index is 8.97. The van der Waals surface area contributed by atoms with Crippen molar-refractivity contribution in [2.45, 2.75) is 13.3 Å². The van der Waals surface area contributed by atoms with Gasteiger partial charge in [-0.1, -0.05) is 6.92 Å². The first-order valence-corrected chi connectivity index (χ1v) is 4.41. The first-order chi connectivity index (χ1) is 6.72. The summed E-state index contributed by atoms with van der Waals surface area (Å²) in [6.07, 6.45) is 2.22. The van der Waals surface area contributed by atoms with Crippen LogP contribution >= 0.6 is 0 Å². The highest BCUT2D eigenvalue weighted by molar-refractivity contribution is 6.58. The topological polar surface area (TPSA) is 82.0 Å². The van der Waals surface area contributed by atoms with Crippen LogP contribution in [-0.2, 0) is 6.42 Å². The summed E-state index contributed by atoms with van der Waals surface area (Å²) in [6.45, 7) is 2.00. The van der Waals surface area contributed by atoms with E-state index in [0.29, 0.717) is 11.1 Å². The number of aromatic amines is 1. The van der Waals surface area contributed by atoms with E-state index in [-0.39, 0.29) is 0 Å². The summed E-state index contributed by atoms with van der Waals surface area (Å²) in [5.41, 5.74) is 1.94. The van der Waals surface area contributed by atoms with Gasteiger partial charge in [0.15, 0.2) is 5.65 Å². The highest BCUT2D eigenvalue weighted by Crippen LogP contribution is 2.11. The van der Waals surface area contributed by atoms with Gasteiger partial charge in [0.05, 0.1) is 0 Å². The molecule has 0 atom stereocenters. The van der Waals surface area contributed by atoms with Crippen LogP contribution < -0.4 is 5.46 Å². The molecule has 0 spiro atoms. The molecule has 0 radical (unpaired) electrons. The van der Waals surface area contributed by atoms with Gasteiger partial charge in [0.2, 0.25) is 0 Å². The highest BCUT2D eigenvalue weighted by Gasteiger charge is 2.14. The first kappa shape index (κ1) is 9.17. The van der Waals surface area contributed by atoms with E-state index in [1.807, 2.05) is 6.92 Å². The van der Waals surface area contributed by atoms with Crippen molar-refractivity contribution in [2.75, 3.05) is 0 Å². The first-order valence-electron chi connectivity index (χ1n) is 4.41. The highest BCUT2D eigenvalue weighted by atomic mass is 16.4. The SMILES string of the molecule is CCc1[nH]nc2ncc(B(O)O)cc12. The average molecular weight is 191 g/mol. The van der Waals surface area contributed by atoms with Crippen molar-refractivity contribution >= 4 is 23.6 Å². The number of aryl methyl sites for hydroxylation is 1. The quantitative estimate of drug-likeness (QED) is 0.542. The maximum atomic E-state index is 8.97. The number of fused-ring (bicyclic) bond motifs is 1. The third-order valence-corrected chi connectivity index (χ3v) is 2.16. The minimum absolute atomic E-state index is 0.383. The monoisotopic (exact) mass is 191 g/mol. The Morgan fingerprint density at radius 3 is 2.93 bits per heavy atom. The van der Waals surface area contributed by atoms with Crippen LogP contribution in [0.5, 0.6) is 0 Å². The second-order valence-electron chi connectivity index (χ2n) is 3.07. The molecule has 0 unspecified atom stereocenters. The Morgan fingerprint density at radius 2 is 2.29 bits per heavy atom. The Hall–Kier alpha value is -1.40. The van der Waals surface area contributed by atoms with Gasteiger partial charge in [-0.3, -0.25) is 5.10 Å². The number of rotatable bonds is 2. The lowest BCUT2D eigenvalue weighted by molar-refractivity contribution is 0.425. The lowest BCUT2D eigenvalue weighted by Gasteiger charge is -1.98. The summed E-state index contributed by atoms with van der Waals surface area (Å²) in [4.78, 5) is 4.01. The van der Waals surface area contributed by atoms with Crippen molar-refractivity contribution in [3.63, 3.8) is 0 Å². The molecule has 0 aliphatic rings. The van der Waals surface area contributed by atoms with E-state index < -0.39 is 7.12 Å². The normalized spacial score (nSPS) is 10.8. The summed E-state index contributed by atoms with van der Waals surface area (Å²) in [7, 11) is -1.48. The van der Waals surface area contributed by atoms with Gasteiger partial charge in [-0.25, -0.2) is 4.98 Å². The van der Waals surface area contributed by atoms with Crippen molar-refractivity contribution in [3.8, 4) is 0 Å². The Kier molecular flexibility index (Phi) is 2.22. The smallest absolute Gasteiger partial charge is 0.423 e. The van der Waals surface area contributed by atoms with Crippen molar-refractivity contribution in [3.05, 3.63) is 18.0 Å². The van der Waals surface area contributed by atoms with Crippen LogP contribution in [0.4, 0.5) is 0 Å². The maximum Gasteiger partial charge on any atom is 0.490 e. The molecule has 72 valence electrons. The second kappa shape index (κ2) is 3.40. The number of nitrogens with zero attached hydrogens (tertiary/aromatic N) is 2. The predicted octanol–water partition coefficient (Wildman–Crippen LogP) is -0.800. The van der Waals surface area contributed by atoms with E-state index in [2.05, 4.69) is 15.2 Å². The van der Waals surface area contributed by atoms with Crippen LogP contribution in [0.2, 0.25) is 0 Å². The molecule has 0 bridgehead atoms. The molecule has 0 aromatic carbocycles. The zero-order valence-corrected chi connectivity index (χ0v) is 7.73. The van der Waals surface area contributed by atoms with E-state index in [1.54, 1.807) is 6.07 Å². The number of hydrogen-bond acceptors (Lipinski definition) is 4.